The summed E-state index contributed by atoms with van der Waals surface area (Å²) in [6, 6.07) is 8.05. The summed E-state index contributed by atoms with van der Waals surface area (Å²) in [5.74, 6) is 0. The Morgan fingerprint density at radius 2 is 2.13 bits per heavy atom. The first-order chi connectivity index (χ1) is 7.22. The standard InChI is InChI=1S/C12H15N3/c1-3-15-12(6-7-14-15)10-8-9(2)4-5-11(10)13/h4-8H,3,13H2,1-2H3. The molecule has 15 heavy (non-hydrogen) atoms. The molecule has 0 spiro atoms. The highest BCUT2D eigenvalue weighted by Crippen LogP contribution is 2.26. The minimum atomic E-state index is 0.802. The molecule has 2 N–H and O–H groups in total. The Balaban J connectivity index is 2.58. The molecule has 0 aliphatic rings. The third kappa shape index (κ3) is 1.73. The first-order valence-corrected chi connectivity index (χ1v) is 5.10. The number of hydrogen-bond donors (Lipinski definition) is 1. The molecular weight excluding hydrogens is 186 g/mol. The van der Waals surface area contributed by atoms with Crippen molar-refractivity contribution >= 4 is 5.69 Å². The van der Waals surface area contributed by atoms with Crippen molar-refractivity contribution in [2.75, 3.05) is 5.73 Å². The van der Waals surface area contributed by atoms with E-state index in [1.165, 1.54) is 5.56 Å². The van der Waals surface area contributed by atoms with Gasteiger partial charge in [-0.2, -0.15) is 5.10 Å². The number of benzene rings is 1. The number of nitrogens with zero attached hydrogens (tertiary/aromatic N) is 2. The van der Waals surface area contributed by atoms with Crippen molar-refractivity contribution in [3.05, 3.63) is 36.0 Å². The van der Waals surface area contributed by atoms with E-state index >= 15 is 0 Å². The number of nitrogen functional groups attached to an aromatic ring is 1. The summed E-state index contributed by atoms with van der Waals surface area (Å²) in [6.07, 6.45) is 1.81. The van der Waals surface area contributed by atoms with Crippen molar-refractivity contribution in [2.45, 2.75) is 20.4 Å². The number of rotatable bonds is 2. The Labute approximate surface area is 89.5 Å². The van der Waals surface area contributed by atoms with Gasteiger partial charge in [-0.05, 0) is 32.0 Å². The van der Waals surface area contributed by atoms with Gasteiger partial charge in [0.25, 0.3) is 0 Å². The fourth-order valence-electron chi connectivity index (χ4n) is 1.71. The van der Waals surface area contributed by atoms with Gasteiger partial charge in [0, 0.05) is 24.0 Å². The van der Waals surface area contributed by atoms with Gasteiger partial charge < -0.3 is 5.73 Å². The van der Waals surface area contributed by atoms with Gasteiger partial charge in [-0.3, -0.25) is 4.68 Å². The van der Waals surface area contributed by atoms with E-state index in [1.54, 1.807) is 6.20 Å². The molecule has 0 fully saturated rings. The lowest BCUT2D eigenvalue weighted by Crippen LogP contribution is -2.00. The van der Waals surface area contributed by atoms with Crippen LogP contribution in [0.15, 0.2) is 30.5 Å². The molecular formula is C12H15N3. The molecule has 0 saturated heterocycles. The second-order valence-electron chi connectivity index (χ2n) is 3.62. The molecule has 0 amide bonds. The first-order valence-electron chi connectivity index (χ1n) is 5.10. The van der Waals surface area contributed by atoms with Crippen LogP contribution in [0.3, 0.4) is 0 Å². The van der Waals surface area contributed by atoms with Crippen molar-refractivity contribution in [3.8, 4) is 11.3 Å². The molecule has 1 aromatic heterocycles. The number of aromatic nitrogens is 2. The van der Waals surface area contributed by atoms with Crippen LogP contribution < -0.4 is 5.73 Å². The fraction of sp³-hybridized carbons (Fsp3) is 0.250. The van der Waals surface area contributed by atoms with Crippen molar-refractivity contribution < 1.29 is 0 Å². The lowest BCUT2D eigenvalue weighted by Gasteiger charge is -2.08. The highest BCUT2D eigenvalue weighted by atomic mass is 15.3. The first kappa shape index (κ1) is 9.77. The third-order valence-electron chi connectivity index (χ3n) is 2.50. The molecule has 1 heterocycles. The maximum atomic E-state index is 5.96. The van der Waals surface area contributed by atoms with Crippen LogP contribution in [0, 0.1) is 6.92 Å². The highest BCUT2D eigenvalue weighted by molar-refractivity contribution is 5.74. The number of anilines is 1. The maximum absolute atomic E-state index is 5.96. The van der Waals surface area contributed by atoms with Gasteiger partial charge in [0.1, 0.15) is 0 Å². The van der Waals surface area contributed by atoms with Crippen molar-refractivity contribution in [2.24, 2.45) is 0 Å². The molecule has 78 valence electrons. The topological polar surface area (TPSA) is 43.8 Å². The minimum absolute atomic E-state index is 0.802. The van der Waals surface area contributed by atoms with E-state index in [9.17, 15) is 0 Å². The Morgan fingerprint density at radius 3 is 2.87 bits per heavy atom. The summed E-state index contributed by atoms with van der Waals surface area (Å²) >= 11 is 0. The zero-order chi connectivity index (χ0) is 10.8. The van der Waals surface area contributed by atoms with Gasteiger partial charge in [0.2, 0.25) is 0 Å². The zero-order valence-corrected chi connectivity index (χ0v) is 9.07. The zero-order valence-electron chi connectivity index (χ0n) is 9.07. The van der Waals surface area contributed by atoms with Crippen LogP contribution in [0.4, 0.5) is 5.69 Å². The summed E-state index contributed by atoms with van der Waals surface area (Å²) in [5.41, 5.74) is 10.1. The van der Waals surface area contributed by atoms with Gasteiger partial charge in [-0.1, -0.05) is 11.6 Å². The lowest BCUT2D eigenvalue weighted by atomic mass is 10.1. The Bertz CT molecular complexity index is 471. The van der Waals surface area contributed by atoms with Crippen LogP contribution in [0.25, 0.3) is 11.3 Å². The summed E-state index contributed by atoms with van der Waals surface area (Å²) in [6.45, 7) is 4.99. The molecule has 1 aromatic carbocycles. The predicted octanol–water partition coefficient (Wildman–Crippen LogP) is 2.46. The largest absolute Gasteiger partial charge is 0.398 e. The molecule has 0 atom stereocenters. The van der Waals surface area contributed by atoms with Gasteiger partial charge in [-0.25, -0.2) is 0 Å². The molecule has 0 bridgehead atoms. The van der Waals surface area contributed by atoms with Gasteiger partial charge >= 0.3 is 0 Å². The van der Waals surface area contributed by atoms with E-state index in [1.807, 2.05) is 22.9 Å². The second kappa shape index (κ2) is 3.77. The number of aryl methyl sites for hydroxylation is 2. The molecule has 0 aliphatic carbocycles. The van der Waals surface area contributed by atoms with Crippen LogP contribution in [0.2, 0.25) is 0 Å². The van der Waals surface area contributed by atoms with Crippen molar-refractivity contribution in [1.29, 1.82) is 0 Å². The van der Waals surface area contributed by atoms with Crippen LogP contribution in [0.1, 0.15) is 12.5 Å². The van der Waals surface area contributed by atoms with E-state index in [0.29, 0.717) is 0 Å². The molecule has 0 aliphatic heterocycles. The average molecular weight is 201 g/mol. The Morgan fingerprint density at radius 1 is 1.33 bits per heavy atom. The molecule has 2 aromatic rings. The molecule has 2 rings (SSSR count). The molecule has 0 saturated carbocycles. The van der Waals surface area contributed by atoms with E-state index < -0.39 is 0 Å². The van der Waals surface area contributed by atoms with E-state index in [4.69, 9.17) is 5.73 Å². The summed E-state index contributed by atoms with van der Waals surface area (Å²) in [5, 5.41) is 4.24. The Kier molecular flexibility index (Phi) is 2.46. The normalized spacial score (nSPS) is 10.5. The van der Waals surface area contributed by atoms with Crippen LogP contribution in [0.5, 0.6) is 0 Å². The Hall–Kier alpha value is -1.77. The van der Waals surface area contributed by atoms with Crippen molar-refractivity contribution in [1.82, 2.24) is 9.78 Å². The monoisotopic (exact) mass is 201 g/mol. The van der Waals surface area contributed by atoms with Crippen LogP contribution in [-0.4, -0.2) is 9.78 Å². The molecule has 3 heteroatoms. The quantitative estimate of drug-likeness (QED) is 0.758. The average Bonchev–Trinajstić information content (AvgIpc) is 2.69. The van der Waals surface area contributed by atoms with E-state index in [-0.39, 0.29) is 0 Å². The van der Waals surface area contributed by atoms with E-state index in [0.717, 1.165) is 23.5 Å². The van der Waals surface area contributed by atoms with E-state index in [2.05, 4.69) is 25.0 Å². The summed E-state index contributed by atoms with van der Waals surface area (Å²) in [4.78, 5) is 0. The van der Waals surface area contributed by atoms with Gasteiger partial charge in [0.05, 0.1) is 5.69 Å². The SMILES string of the molecule is CCn1nccc1-c1cc(C)ccc1N. The smallest absolute Gasteiger partial charge is 0.0702 e. The molecule has 3 nitrogen and oxygen atoms in total. The molecule has 0 unspecified atom stereocenters. The number of nitrogens with two attached hydrogens (primary N) is 1. The molecule has 0 radical (unpaired) electrons. The van der Waals surface area contributed by atoms with Gasteiger partial charge in [-0.15, -0.1) is 0 Å². The third-order valence-corrected chi connectivity index (χ3v) is 2.50. The van der Waals surface area contributed by atoms with Crippen LogP contribution in [-0.2, 0) is 6.54 Å². The van der Waals surface area contributed by atoms with Gasteiger partial charge in [0.15, 0.2) is 0 Å². The minimum Gasteiger partial charge on any atom is -0.398 e. The van der Waals surface area contributed by atoms with Crippen molar-refractivity contribution in [3.63, 3.8) is 0 Å². The summed E-state index contributed by atoms with van der Waals surface area (Å²) < 4.78 is 1.95. The summed E-state index contributed by atoms with van der Waals surface area (Å²) in [7, 11) is 0. The number of hydrogen-bond acceptors (Lipinski definition) is 2. The highest BCUT2D eigenvalue weighted by Gasteiger charge is 2.07. The van der Waals surface area contributed by atoms with Crippen LogP contribution >= 0.6 is 0 Å². The lowest BCUT2D eigenvalue weighted by molar-refractivity contribution is 0.667. The maximum Gasteiger partial charge on any atom is 0.0702 e. The fourth-order valence-corrected chi connectivity index (χ4v) is 1.71. The second-order valence-corrected chi connectivity index (χ2v) is 3.62. The predicted molar refractivity (Wildman–Crippen MR) is 62.5 cm³/mol.